The quantitative estimate of drug-likeness (QED) is 0.418. The molecule has 0 aromatic heterocycles. The van der Waals surface area contributed by atoms with Crippen LogP contribution in [0.5, 0.6) is 0 Å². The first kappa shape index (κ1) is 4.60. The fourth-order valence-corrected chi connectivity index (χ4v) is 2.01. The van der Waals surface area contributed by atoms with Gasteiger partial charge in [-0.15, -0.1) is 0 Å². The predicted octanol–water partition coefficient (Wildman–Crippen LogP) is 2.36. The highest BCUT2D eigenvalue weighted by Gasteiger charge is 2.36. The third-order valence-electron chi connectivity index (χ3n) is 2.78. The molecular formula is C8H12. The number of hydrogen-bond acceptors (Lipinski definition) is 0. The Balaban J connectivity index is 2.15. The monoisotopic (exact) mass is 108 g/mol. The average Bonchev–Trinajstić information content (AvgIpc) is 1.80. The molecule has 2 aliphatic carbocycles. The standard InChI is InChI=1S/C8H12/c1-6-2-3-7-4-5-8(6)7/h7-8H,1-5H2/t7?,8-/m1/s1. The van der Waals surface area contributed by atoms with E-state index in [4.69, 9.17) is 0 Å². The summed E-state index contributed by atoms with van der Waals surface area (Å²) in [6.45, 7) is 4.04. The van der Waals surface area contributed by atoms with E-state index in [1.807, 2.05) is 0 Å². The van der Waals surface area contributed by atoms with Crippen LogP contribution in [0, 0.1) is 11.8 Å². The Kier molecular flexibility index (Phi) is 0.787. The molecule has 2 rings (SSSR count). The summed E-state index contributed by atoms with van der Waals surface area (Å²) in [7, 11) is 0. The second kappa shape index (κ2) is 1.37. The van der Waals surface area contributed by atoms with Gasteiger partial charge in [0.15, 0.2) is 0 Å². The van der Waals surface area contributed by atoms with Crippen molar-refractivity contribution in [2.24, 2.45) is 11.8 Å². The SMILES string of the molecule is C=C1CCC2CC[C@H]12. The molecule has 0 saturated heterocycles. The lowest BCUT2D eigenvalue weighted by Gasteiger charge is -2.30. The van der Waals surface area contributed by atoms with Gasteiger partial charge in [-0.05, 0) is 37.5 Å². The van der Waals surface area contributed by atoms with E-state index in [0.29, 0.717) is 0 Å². The van der Waals surface area contributed by atoms with Gasteiger partial charge in [-0.2, -0.15) is 0 Å². The van der Waals surface area contributed by atoms with Crippen LogP contribution in [0.15, 0.2) is 12.2 Å². The van der Waals surface area contributed by atoms with Crippen molar-refractivity contribution < 1.29 is 0 Å². The Bertz CT molecular complexity index is 124. The van der Waals surface area contributed by atoms with Gasteiger partial charge < -0.3 is 0 Å². The maximum Gasteiger partial charge on any atom is -0.0177 e. The third-order valence-corrected chi connectivity index (χ3v) is 2.78. The molecule has 2 atom stereocenters. The molecule has 0 aliphatic heterocycles. The van der Waals surface area contributed by atoms with Crippen LogP contribution in [0.2, 0.25) is 0 Å². The van der Waals surface area contributed by atoms with Gasteiger partial charge in [0, 0.05) is 0 Å². The summed E-state index contributed by atoms with van der Waals surface area (Å²) >= 11 is 0. The van der Waals surface area contributed by atoms with Gasteiger partial charge in [-0.25, -0.2) is 0 Å². The molecule has 2 aliphatic rings. The van der Waals surface area contributed by atoms with Gasteiger partial charge >= 0.3 is 0 Å². The van der Waals surface area contributed by atoms with Crippen LogP contribution in [-0.4, -0.2) is 0 Å². The van der Waals surface area contributed by atoms with Crippen LogP contribution in [0.3, 0.4) is 0 Å². The lowest BCUT2D eigenvalue weighted by molar-refractivity contribution is 0.248. The summed E-state index contributed by atoms with van der Waals surface area (Å²) in [5, 5.41) is 0. The van der Waals surface area contributed by atoms with E-state index in [2.05, 4.69) is 6.58 Å². The Labute approximate surface area is 50.6 Å². The minimum absolute atomic E-state index is 0.968. The van der Waals surface area contributed by atoms with Crippen molar-refractivity contribution in [2.45, 2.75) is 25.7 Å². The minimum Gasteiger partial charge on any atom is -0.0996 e. The van der Waals surface area contributed by atoms with Gasteiger partial charge in [0.2, 0.25) is 0 Å². The van der Waals surface area contributed by atoms with Crippen molar-refractivity contribution in [3.8, 4) is 0 Å². The number of rotatable bonds is 0. The van der Waals surface area contributed by atoms with Gasteiger partial charge in [0.05, 0.1) is 0 Å². The largest absolute Gasteiger partial charge is 0.0996 e. The normalized spacial score (nSPS) is 43.8. The van der Waals surface area contributed by atoms with Crippen LogP contribution in [-0.2, 0) is 0 Å². The highest BCUT2D eigenvalue weighted by Crippen LogP contribution is 2.49. The van der Waals surface area contributed by atoms with E-state index < -0.39 is 0 Å². The van der Waals surface area contributed by atoms with E-state index in [-0.39, 0.29) is 0 Å². The van der Waals surface area contributed by atoms with Crippen LogP contribution in [0.4, 0.5) is 0 Å². The van der Waals surface area contributed by atoms with E-state index in [1.54, 1.807) is 5.57 Å². The summed E-state index contributed by atoms with van der Waals surface area (Å²) in [6, 6.07) is 0. The van der Waals surface area contributed by atoms with Crippen LogP contribution < -0.4 is 0 Å². The molecule has 0 N–H and O–H groups in total. The zero-order valence-corrected chi connectivity index (χ0v) is 5.19. The highest BCUT2D eigenvalue weighted by atomic mass is 14.4. The average molecular weight is 108 g/mol. The van der Waals surface area contributed by atoms with E-state index >= 15 is 0 Å². The third kappa shape index (κ3) is 0.410. The van der Waals surface area contributed by atoms with E-state index in [1.165, 1.54) is 25.7 Å². The molecule has 0 amide bonds. The Morgan fingerprint density at radius 1 is 1.25 bits per heavy atom. The van der Waals surface area contributed by atoms with Crippen molar-refractivity contribution in [3.05, 3.63) is 12.2 Å². The molecular weight excluding hydrogens is 96.1 g/mol. The van der Waals surface area contributed by atoms with Gasteiger partial charge in [0.25, 0.3) is 0 Å². The molecule has 0 aromatic rings. The van der Waals surface area contributed by atoms with Gasteiger partial charge in [-0.3, -0.25) is 0 Å². The first-order valence-corrected chi connectivity index (χ1v) is 3.55. The van der Waals surface area contributed by atoms with Crippen LogP contribution in [0.1, 0.15) is 25.7 Å². The Hall–Kier alpha value is -0.260. The molecule has 0 radical (unpaired) electrons. The topological polar surface area (TPSA) is 0 Å². The molecule has 44 valence electrons. The molecule has 0 nitrogen and oxygen atoms in total. The molecule has 0 spiro atoms. The molecule has 2 fully saturated rings. The first-order valence-electron chi connectivity index (χ1n) is 3.55. The lowest BCUT2D eigenvalue weighted by Crippen LogP contribution is -2.19. The van der Waals surface area contributed by atoms with Gasteiger partial charge in [0.1, 0.15) is 0 Å². The molecule has 0 heteroatoms. The summed E-state index contributed by atoms with van der Waals surface area (Å²) in [4.78, 5) is 0. The summed E-state index contributed by atoms with van der Waals surface area (Å²) in [5.41, 5.74) is 1.54. The smallest absolute Gasteiger partial charge is 0.0177 e. The maximum atomic E-state index is 4.04. The number of fused-ring (bicyclic) bond motifs is 1. The summed E-state index contributed by atoms with van der Waals surface area (Å²) in [5.74, 6) is 2.04. The zero-order valence-electron chi connectivity index (χ0n) is 5.19. The Morgan fingerprint density at radius 3 is 2.38 bits per heavy atom. The Morgan fingerprint density at radius 2 is 2.12 bits per heavy atom. The fraction of sp³-hybridized carbons (Fsp3) is 0.750. The van der Waals surface area contributed by atoms with Crippen molar-refractivity contribution in [1.29, 1.82) is 0 Å². The number of hydrogen-bond donors (Lipinski definition) is 0. The van der Waals surface area contributed by atoms with Crippen LogP contribution >= 0.6 is 0 Å². The van der Waals surface area contributed by atoms with Crippen molar-refractivity contribution in [1.82, 2.24) is 0 Å². The second-order valence-corrected chi connectivity index (χ2v) is 3.14. The molecule has 2 saturated carbocycles. The zero-order chi connectivity index (χ0) is 5.56. The minimum atomic E-state index is 0.968. The first-order chi connectivity index (χ1) is 3.88. The van der Waals surface area contributed by atoms with Crippen molar-refractivity contribution >= 4 is 0 Å². The number of allylic oxidation sites excluding steroid dienone is 1. The summed E-state index contributed by atoms with van der Waals surface area (Å²) in [6.07, 6.45) is 5.71. The lowest BCUT2D eigenvalue weighted by atomic mass is 9.75. The predicted molar refractivity (Wildman–Crippen MR) is 34.6 cm³/mol. The van der Waals surface area contributed by atoms with Crippen LogP contribution in [0.25, 0.3) is 0 Å². The molecule has 8 heavy (non-hydrogen) atoms. The second-order valence-electron chi connectivity index (χ2n) is 3.14. The van der Waals surface area contributed by atoms with Crippen molar-refractivity contribution in [3.63, 3.8) is 0 Å². The summed E-state index contributed by atoms with van der Waals surface area (Å²) < 4.78 is 0. The maximum absolute atomic E-state index is 4.04. The van der Waals surface area contributed by atoms with E-state index in [0.717, 1.165) is 11.8 Å². The van der Waals surface area contributed by atoms with Gasteiger partial charge in [-0.1, -0.05) is 12.2 Å². The fourth-order valence-electron chi connectivity index (χ4n) is 2.01. The molecule has 1 unspecified atom stereocenters. The molecule has 0 aromatic carbocycles. The molecule has 0 heterocycles. The van der Waals surface area contributed by atoms with E-state index in [9.17, 15) is 0 Å². The van der Waals surface area contributed by atoms with Crippen molar-refractivity contribution in [2.75, 3.05) is 0 Å². The highest BCUT2D eigenvalue weighted by molar-refractivity contribution is 5.13. The molecule has 0 bridgehead atoms.